The van der Waals surface area contributed by atoms with Crippen molar-refractivity contribution in [1.82, 2.24) is 4.98 Å². The van der Waals surface area contributed by atoms with Crippen LogP contribution in [-0.4, -0.2) is 11.3 Å². The molecular formula is C10H12BrNO. The maximum Gasteiger partial charge on any atom is 0.152 e. The van der Waals surface area contributed by atoms with Crippen LogP contribution in [-0.2, 0) is 5.41 Å². The molecule has 1 aromatic heterocycles. The summed E-state index contributed by atoms with van der Waals surface area (Å²) in [4.78, 5) is 14.8. The normalized spacial score (nSPS) is 11.4. The van der Waals surface area contributed by atoms with Gasteiger partial charge in [-0.05, 0) is 28.1 Å². The first-order valence-corrected chi connectivity index (χ1v) is 4.86. The molecule has 0 spiro atoms. The second-order valence-corrected chi connectivity index (χ2v) is 4.70. The fraction of sp³-hybridized carbons (Fsp3) is 0.400. The van der Waals surface area contributed by atoms with Crippen molar-refractivity contribution in [2.24, 2.45) is 0 Å². The van der Waals surface area contributed by atoms with Crippen molar-refractivity contribution < 1.29 is 4.79 Å². The quantitative estimate of drug-likeness (QED) is 0.559. The number of carbonyl (C=O) groups is 1. The SMILES string of the molecule is CC(C)(C)c1ccc(C=O)c(Br)n1. The molecule has 0 aliphatic heterocycles. The molecule has 0 fully saturated rings. The zero-order valence-corrected chi connectivity index (χ0v) is 9.55. The first-order chi connectivity index (χ1) is 5.95. The molecule has 1 heterocycles. The molecule has 1 aromatic rings. The molecule has 0 saturated heterocycles. The zero-order chi connectivity index (χ0) is 10.1. The van der Waals surface area contributed by atoms with E-state index in [2.05, 4.69) is 41.7 Å². The number of aromatic nitrogens is 1. The summed E-state index contributed by atoms with van der Waals surface area (Å²) in [5.41, 5.74) is 1.59. The van der Waals surface area contributed by atoms with E-state index in [4.69, 9.17) is 0 Å². The van der Waals surface area contributed by atoms with Gasteiger partial charge in [-0.1, -0.05) is 20.8 Å². The third kappa shape index (κ3) is 2.37. The zero-order valence-electron chi connectivity index (χ0n) is 7.97. The molecule has 0 aromatic carbocycles. The lowest BCUT2D eigenvalue weighted by Crippen LogP contribution is -2.13. The summed E-state index contributed by atoms with van der Waals surface area (Å²) in [5.74, 6) is 0. The molecular weight excluding hydrogens is 230 g/mol. The van der Waals surface area contributed by atoms with Crippen molar-refractivity contribution >= 4 is 22.2 Å². The van der Waals surface area contributed by atoms with Crippen LogP contribution < -0.4 is 0 Å². The largest absolute Gasteiger partial charge is 0.298 e. The third-order valence-electron chi connectivity index (χ3n) is 1.77. The van der Waals surface area contributed by atoms with Crippen LogP contribution in [0.3, 0.4) is 0 Å². The highest BCUT2D eigenvalue weighted by Crippen LogP contribution is 2.22. The van der Waals surface area contributed by atoms with E-state index < -0.39 is 0 Å². The van der Waals surface area contributed by atoms with Gasteiger partial charge in [0, 0.05) is 16.7 Å². The van der Waals surface area contributed by atoms with Gasteiger partial charge >= 0.3 is 0 Å². The van der Waals surface area contributed by atoms with Gasteiger partial charge in [-0.25, -0.2) is 4.98 Å². The van der Waals surface area contributed by atoms with Gasteiger partial charge in [0.05, 0.1) is 0 Å². The Morgan fingerprint density at radius 3 is 2.38 bits per heavy atom. The minimum atomic E-state index is 0.0178. The number of pyridine rings is 1. The van der Waals surface area contributed by atoms with Crippen LogP contribution in [0.2, 0.25) is 0 Å². The molecule has 0 unspecified atom stereocenters. The highest BCUT2D eigenvalue weighted by atomic mass is 79.9. The monoisotopic (exact) mass is 241 g/mol. The van der Waals surface area contributed by atoms with E-state index >= 15 is 0 Å². The Labute approximate surface area is 86.5 Å². The molecule has 0 saturated carbocycles. The Balaban J connectivity index is 3.17. The summed E-state index contributed by atoms with van der Waals surface area (Å²) in [6, 6.07) is 3.67. The summed E-state index contributed by atoms with van der Waals surface area (Å²) >= 11 is 3.26. The van der Waals surface area contributed by atoms with Crippen molar-refractivity contribution in [1.29, 1.82) is 0 Å². The van der Waals surface area contributed by atoms with Gasteiger partial charge in [0.1, 0.15) is 4.60 Å². The van der Waals surface area contributed by atoms with Crippen LogP contribution in [0.4, 0.5) is 0 Å². The van der Waals surface area contributed by atoms with Crippen molar-refractivity contribution in [3.8, 4) is 0 Å². The molecule has 0 aliphatic carbocycles. The molecule has 0 atom stereocenters. The second-order valence-electron chi connectivity index (χ2n) is 3.94. The summed E-state index contributed by atoms with van der Waals surface area (Å²) < 4.78 is 0.620. The number of nitrogens with zero attached hydrogens (tertiary/aromatic N) is 1. The minimum absolute atomic E-state index is 0.0178. The van der Waals surface area contributed by atoms with E-state index in [1.54, 1.807) is 6.07 Å². The maximum atomic E-state index is 10.5. The minimum Gasteiger partial charge on any atom is -0.298 e. The van der Waals surface area contributed by atoms with Crippen LogP contribution in [0, 0.1) is 0 Å². The van der Waals surface area contributed by atoms with Crippen LogP contribution in [0.25, 0.3) is 0 Å². The van der Waals surface area contributed by atoms with E-state index in [1.807, 2.05) is 6.07 Å². The van der Waals surface area contributed by atoms with Gasteiger partial charge in [-0.15, -0.1) is 0 Å². The number of hydrogen-bond acceptors (Lipinski definition) is 2. The molecule has 0 bridgehead atoms. The molecule has 1 rings (SSSR count). The van der Waals surface area contributed by atoms with E-state index in [9.17, 15) is 4.79 Å². The number of hydrogen-bond donors (Lipinski definition) is 0. The topological polar surface area (TPSA) is 30.0 Å². The van der Waals surface area contributed by atoms with E-state index in [1.165, 1.54) is 0 Å². The lowest BCUT2D eigenvalue weighted by Gasteiger charge is -2.17. The van der Waals surface area contributed by atoms with Gasteiger partial charge in [0.25, 0.3) is 0 Å². The van der Waals surface area contributed by atoms with E-state index in [-0.39, 0.29) is 5.41 Å². The first kappa shape index (κ1) is 10.4. The Morgan fingerprint density at radius 2 is 2.00 bits per heavy atom. The number of rotatable bonds is 1. The predicted octanol–water partition coefficient (Wildman–Crippen LogP) is 2.95. The van der Waals surface area contributed by atoms with Crippen molar-refractivity contribution in [2.75, 3.05) is 0 Å². The molecule has 0 amide bonds. The van der Waals surface area contributed by atoms with Crippen LogP contribution in [0.1, 0.15) is 36.8 Å². The average Bonchev–Trinajstić information content (AvgIpc) is 2.02. The van der Waals surface area contributed by atoms with Gasteiger partial charge in [0.15, 0.2) is 6.29 Å². The molecule has 2 nitrogen and oxygen atoms in total. The Hall–Kier alpha value is -0.700. The lowest BCUT2D eigenvalue weighted by atomic mass is 9.91. The van der Waals surface area contributed by atoms with E-state index in [0.29, 0.717) is 10.2 Å². The van der Waals surface area contributed by atoms with Crippen LogP contribution in [0.15, 0.2) is 16.7 Å². The molecule has 3 heteroatoms. The Kier molecular flexibility index (Phi) is 2.86. The summed E-state index contributed by atoms with van der Waals surface area (Å²) in [6.45, 7) is 6.26. The Morgan fingerprint density at radius 1 is 1.38 bits per heavy atom. The van der Waals surface area contributed by atoms with Crippen molar-refractivity contribution in [2.45, 2.75) is 26.2 Å². The van der Waals surface area contributed by atoms with Crippen molar-refractivity contribution in [3.05, 3.63) is 28.0 Å². The van der Waals surface area contributed by atoms with Crippen LogP contribution in [0.5, 0.6) is 0 Å². The first-order valence-electron chi connectivity index (χ1n) is 4.07. The maximum absolute atomic E-state index is 10.5. The lowest BCUT2D eigenvalue weighted by molar-refractivity contribution is 0.112. The van der Waals surface area contributed by atoms with Gasteiger partial charge in [-0.2, -0.15) is 0 Å². The second kappa shape index (κ2) is 3.58. The predicted molar refractivity (Wildman–Crippen MR) is 56.0 cm³/mol. The molecule has 0 aliphatic rings. The molecule has 0 radical (unpaired) electrons. The summed E-state index contributed by atoms with van der Waals surface area (Å²) in [5, 5.41) is 0. The number of halogens is 1. The van der Waals surface area contributed by atoms with Gasteiger partial charge < -0.3 is 0 Å². The number of aldehydes is 1. The smallest absolute Gasteiger partial charge is 0.152 e. The fourth-order valence-electron chi connectivity index (χ4n) is 0.951. The Bertz CT molecular complexity index is 328. The average molecular weight is 242 g/mol. The third-order valence-corrected chi connectivity index (χ3v) is 2.41. The molecule has 0 N–H and O–H groups in total. The van der Waals surface area contributed by atoms with Gasteiger partial charge in [-0.3, -0.25) is 4.79 Å². The highest BCUT2D eigenvalue weighted by Gasteiger charge is 2.16. The van der Waals surface area contributed by atoms with E-state index in [0.717, 1.165) is 12.0 Å². The highest BCUT2D eigenvalue weighted by molar-refractivity contribution is 9.10. The van der Waals surface area contributed by atoms with Crippen LogP contribution >= 0.6 is 15.9 Å². The molecule has 70 valence electrons. The standard InChI is InChI=1S/C10H12BrNO/c1-10(2,3)8-5-4-7(6-13)9(11)12-8/h4-6H,1-3H3. The molecule has 13 heavy (non-hydrogen) atoms. The number of carbonyl (C=O) groups excluding carboxylic acids is 1. The summed E-state index contributed by atoms with van der Waals surface area (Å²) in [6.07, 6.45) is 0.795. The van der Waals surface area contributed by atoms with Gasteiger partial charge in [0.2, 0.25) is 0 Å². The summed E-state index contributed by atoms with van der Waals surface area (Å²) in [7, 11) is 0. The van der Waals surface area contributed by atoms with Crippen molar-refractivity contribution in [3.63, 3.8) is 0 Å². The fourth-order valence-corrected chi connectivity index (χ4v) is 1.37.